The van der Waals surface area contributed by atoms with E-state index in [1.165, 1.54) is 5.56 Å². The van der Waals surface area contributed by atoms with Gasteiger partial charge in [0.05, 0.1) is 12.5 Å². The first-order valence-electron chi connectivity index (χ1n) is 4.87. The largest absolute Gasteiger partial charge is 0.198 e. The van der Waals surface area contributed by atoms with Crippen LogP contribution in [-0.4, -0.2) is 0 Å². The van der Waals surface area contributed by atoms with Crippen molar-refractivity contribution < 1.29 is 0 Å². The van der Waals surface area contributed by atoms with Gasteiger partial charge in [0.1, 0.15) is 0 Å². The second kappa shape index (κ2) is 4.61. The van der Waals surface area contributed by atoms with Gasteiger partial charge >= 0.3 is 0 Å². The highest BCUT2D eigenvalue weighted by molar-refractivity contribution is 5.71. The van der Waals surface area contributed by atoms with Crippen molar-refractivity contribution in [1.29, 1.82) is 5.26 Å². The van der Waals surface area contributed by atoms with E-state index in [2.05, 4.69) is 25.3 Å². The van der Waals surface area contributed by atoms with Gasteiger partial charge in [-0.15, -0.1) is 0 Å². The molecule has 0 fully saturated rings. The number of nitrogens with zero attached hydrogens (tertiary/aromatic N) is 1. The molecule has 0 amide bonds. The topological polar surface area (TPSA) is 23.8 Å². The van der Waals surface area contributed by atoms with Crippen molar-refractivity contribution in [2.24, 2.45) is 0 Å². The number of allylic oxidation sites excluding steroid dienone is 2. The van der Waals surface area contributed by atoms with E-state index in [1.807, 2.05) is 26.0 Å². The third kappa shape index (κ3) is 2.82. The zero-order chi connectivity index (χ0) is 11.4. The smallest absolute Gasteiger partial charge is 0.0669 e. The maximum Gasteiger partial charge on any atom is 0.0669 e. The Morgan fingerprint density at radius 3 is 2.40 bits per heavy atom. The van der Waals surface area contributed by atoms with Crippen LogP contribution in [0.25, 0.3) is 11.1 Å². The first kappa shape index (κ1) is 11.3. The van der Waals surface area contributed by atoms with E-state index in [9.17, 15) is 0 Å². The predicted octanol–water partition coefficient (Wildman–Crippen LogP) is 3.96. The van der Waals surface area contributed by atoms with Gasteiger partial charge in [-0.05, 0) is 42.2 Å². The molecule has 0 aliphatic rings. The molecule has 0 saturated heterocycles. The highest BCUT2D eigenvalue weighted by atomic mass is 14.2. The normalized spacial score (nSPS) is 9.40. The van der Waals surface area contributed by atoms with Crippen LogP contribution in [0, 0.1) is 18.3 Å². The number of benzene rings is 1. The van der Waals surface area contributed by atoms with Crippen LogP contribution in [0.2, 0.25) is 0 Å². The lowest BCUT2D eigenvalue weighted by molar-refractivity contribution is 1.34. The summed E-state index contributed by atoms with van der Waals surface area (Å²) < 4.78 is 0. The summed E-state index contributed by atoms with van der Waals surface area (Å²) in [6, 6.07) is 8.29. The quantitative estimate of drug-likeness (QED) is 0.719. The van der Waals surface area contributed by atoms with Crippen molar-refractivity contribution in [3.8, 4) is 6.07 Å². The molecular formula is C14H15N. The van der Waals surface area contributed by atoms with Gasteiger partial charge in [-0.1, -0.05) is 30.9 Å². The number of rotatable bonds is 3. The van der Waals surface area contributed by atoms with Crippen LogP contribution < -0.4 is 0 Å². The Balaban J connectivity index is 3.15. The SMILES string of the molecule is C=C(C)c1cc(C)cc(C(=C)CC#N)c1. The maximum atomic E-state index is 8.62. The second-order valence-corrected chi connectivity index (χ2v) is 3.81. The molecule has 0 bridgehead atoms. The highest BCUT2D eigenvalue weighted by Gasteiger charge is 2.02. The van der Waals surface area contributed by atoms with Crippen molar-refractivity contribution in [2.45, 2.75) is 20.3 Å². The van der Waals surface area contributed by atoms with Crippen molar-refractivity contribution in [3.05, 3.63) is 48.0 Å². The van der Waals surface area contributed by atoms with Crippen molar-refractivity contribution in [2.75, 3.05) is 0 Å². The molecule has 0 atom stereocenters. The first-order valence-corrected chi connectivity index (χ1v) is 4.87. The Bertz CT molecular complexity index is 447. The zero-order valence-electron chi connectivity index (χ0n) is 9.30. The number of nitriles is 1. The van der Waals surface area contributed by atoms with Crippen molar-refractivity contribution >= 4 is 11.1 Å². The molecule has 0 heterocycles. The predicted molar refractivity (Wildman–Crippen MR) is 65.2 cm³/mol. The zero-order valence-corrected chi connectivity index (χ0v) is 9.30. The summed E-state index contributed by atoms with van der Waals surface area (Å²) in [5, 5.41) is 8.62. The van der Waals surface area contributed by atoms with E-state index in [1.54, 1.807) is 0 Å². The monoisotopic (exact) mass is 197 g/mol. The van der Waals surface area contributed by atoms with Gasteiger partial charge in [-0.2, -0.15) is 5.26 Å². The lowest BCUT2D eigenvalue weighted by Gasteiger charge is -2.07. The number of hydrogen-bond donors (Lipinski definition) is 0. The van der Waals surface area contributed by atoms with Crippen LogP contribution in [0.5, 0.6) is 0 Å². The third-order valence-electron chi connectivity index (χ3n) is 2.27. The summed E-state index contributed by atoms with van der Waals surface area (Å²) in [6.07, 6.45) is 0.374. The van der Waals surface area contributed by atoms with Gasteiger partial charge in [0.15, 0.2) is 0 Å². The molecule has 1 nitrogen and oxygen atoms in total. The van der Waals surface area contributed by atoms with Gasteiger partial charge in [0.25, 0.3) is 0 Å². The molecule has 0 aliphatic carbocycles. The Hall–Kier alpha value is -1.81. The Morgan fingerprint density at radius 1 is 1.27 bits per heavy atom. The van der Waals surface area contributed by atoms with E-state index in [0.29, 0.717) is 6.42 Å². The third-order valence-corrected chi connectivity index (χ3v) is 2.27. The molecular weight excluding hydrogens is 182 g/mol. The molecule has 1 rings (SSSR count). The molecule has 0 N–H and O–H groups in total. The Kier molecular flexibility index (Phi) is 3.46. The average molecular weight is 197 g/mol. The van der Waals surface area contributed by atoms with Gasteiger partial charge in [-0.25, -0.2) is 0 Å². The molecule has 0 saturated carbocycles. The van der Waals surface area contributed by atoms with Crippen LogP contribution in [0.3, 0.4) is 0 Å². The molecule has 0 unspecified atom stereocenters. The first-order chi connectivity index (χ1) is 7.04. The van der Waals surface area contributed by atoms with E-state index >= 15 is 0 Å². The lowest BCUT2D eigenvalue weighted by atomic mass is 9.97. The van der Waals surface area contributed by atoms with E-state index in [-0.39, 0.29) is 0 Å². The molecule has 0 aliphatic heterocycles. The summed E-state index contributed by atoms with van der Waals surface area (Å²) in [4.78, 5) is 0. The molecule has 1 aromatic rings. The van der Waals surface area contributed by atoms with Gasteiger partial charge in [0.2, 0.25) is 0 Å². The standard InChI is InChI=1S/C14H15N/c1-10(2)13-7-11(3)8-14(9-13)12(4)5-6-15/h7-9H,1,4-5H2,2-3H3. The van der Waals surface area contributed by atoms with Crippen LogP contribution in [0.1, 0.15) is 30.0 Å². The van der Waals surface area contributed by atoms with E-state index in [0.717, 1.165) is 22.3 Å². The van der Waals surface area contributed by atoms with Crippen LogP contribution >= 0.6 is 0 Å². The fourth-order valence-corrected chi connectivity index (χ4v) is 1.43. The molecule has 1 heteroatoms. The molecule has 0 radical (unpaired) electrons. The van der Waals surface area contributed by atoms with Crippen LogP contribution in [0.4, 0.5) is 0 Å². The minimum absolute atomic E-state index is 0.374. The van der Waals surface area contributed by atoms with Gasteiger partial charge < -0.3 is 0 Å². The molecule has 0 aromatic heterocycles. The van der Waals surface area contributed by atoms with Crippen LogP contribution in [-0.2, 0) is 0 Å². The fraction of sp³-hybridized carbons (Fsp3) is 0.214. The summed E-state index contributed by atoms with van der Waals surface area (Å²) >= 11 is 0. The molecule has 0 spiro atoms. The number of hydrogen-bond acceptors (Lipinski definition) is 1. The summed E-state index contributed by atoms with van der Waals surface area (Å²) in [5.74, 6) is 0. The second-order valence-electron chi connectivity index (χ2n) is 3.81. The number of aryl methyl sites for hydroxylation is 1. The lowest BCUT2D eigenvalue weighted by Crippen LogP contribution is -1.88. The highest BCUT2D eigenvalue weighted by Crippen LogP contribution is 2.22. The summed E-state index contributed by atoms with van der Waals surface area (Å²) in [6.45, 7) is 11.8. The minimum atomic E-state index is 0.374. The van der Waals surface area contributed by atoms with Crippen LogP contribution in [0.15, 0.2) is 31.4 Å². The summed E-state index contributed by atoms with van der Waals surface area (Å²) in [7, 11) is 0. The fourth-order valence-electron chi connectivity index (χ4n) is 1.43. The van der Waals surface area contributed by atoms with Crippen molar-refractivity contribution in [1.82, 2.24) is 0 Å². The minimum Gasteiger partial charge on any atom is -0.198 e. The Morgan fingerprint density at radius 2 is 1.87 bits per heavy atom. The van der Waals surface area contributed by atoms with Crippen molar-refractivity contribution in [3.63, 3.8) is 0 Å². The van der Waals surface area contributed by atoms with E-state index < -0.39 is 0 Å². The van der Waals surface area contributed by atoms with E-state index in [4.69, 9.17) is 5.26 Å². The molecule has 1 aromatic carbocycles. The Labute approximate surface area is 91.4 Å². The van der Waals surface area contributed by atoms with Gasteiger partial charge in [0, 0.05) is 0 Å². The van der Waals surface area contributed by atoms with Gasteiger partial charge in [-0.3, -0.25) is 0 Å². The molecule has 76 valence electrons. The summed E-state index contributed by atoms with van der Waals surface area (Å²) in [5.41, 5.74) is 5.22. The average Bonchev–Trinajstić information content (AvgIpc) is 2.17. The molecule has 15 heavy (non-hydrogen) atoms. The maximum absolute atomic E-state index is 8.62.